The van der Waals surface area contributed by atoms with Gasteiger partial charge in [-0.1, -0.05) is 83.1 Å². The Morgan fingerprint density at radius 2 is 1.62 bits per heavy atom. The predicted molar refractivity (Wildman–Crippen MR) is 152 cm³/mol. The molecule has 7 nitrogen and oxygen atoms in total. The molecule has 0 unspecified atom stereocenters. The lowest BCUT2D eigenvalue weighted by Gasteiger charge is -2.61. The zero-order chi connectivity index (χ0) is 28.7. The predicted octanol–water partition coefficient (Wildman–Crippen LogP) is 7.12. The van der Waals surface area contributed by atoms with E-state index in [1.807, 2.05) is 48.5 Å². The quantitative estimate of drug-likeness (QED) is 0.217. The van der Waals surface area contributed by atoms with Gasteiger partial charge in [0.1, 0.15) is 17.1 Å². The molecule has 2 aliphatic rings. The SMILES string of the molecule is COC(=O)c1cc2ccccc2c(-c2c(O)ccc3c([C@]45OCC(C)(C)[C@@]4(C(C)(C)C)OO5)cccc23)c1OC. The minimum absolute atomic E-state index is 0.0492. The molecule has 1 N–H and O–H groups in total. The van der Waals surface area contributed by atoms with E-state index in [1.54, 1.807) is 12.1 Å². The fourth-order valence-electron chi connectivity index (χ4n) is 7.16. The lowest BCUT2D eigenvalue weighted by atomic mass is 9.57. The van der Waals surface area contributed by atoms with Gasteiger partial charge in [0.05, 0.1) is 20.8 Å². The third-order valence-corrected chi connectivity index (χ3v) is 8.65. The molecule has 2 fully saturated rings. The Hall–Kier alpha value is -3.65. The maximum absolute atomic E-state index is 12.9. The lowest BCUT2D eigenvalue weighted by Crippen LogP contribution is -2.73. The zero-order valence-corrected chi connectivity index (χ0v) is 23.9. The first-order chi connectivity index (χ1) is 18.9. The number of phenolic OH excluding ortho intramolecular Hbond substituents is 1. The van der Waals surface area contributed by atoms with Crippen LogP contribution in [0.1, 0.15) is 50.5 Å². The van der Waals surface area contributed by atoms with E-state index in [0.717, 1.165) is 27.1 Å². The Bertz CT molecular complexity index is 1680. The molecule has 7 heteroatoms. The summed E-state index contributed by atoms with van der Waals surface area (Å²) >= 11 is 0. The summed E-state index contributed by atoms with van der Waals surface area (Å²) in [6.45, 7) is 11.1. The second-order valence-electron chi connectivity index (χ2n) is 12.3. The molecular formula is C33H34O7. The van der Waals surface area contributed by atoms with Crippen LogP contribution in [0.25, 0.3) is 32.7 Å². The van der Waals surface area contributed by atoms with Gasteiger partial charge >= 0.3 is 5.97 Å². The first-order valence-electron chi connectivity index (χ1n) is 13.4. The van der Waals surface area contributed by atoms with Crippen molar-refractivity contribution in [3.05, 3.63) is 71.8 Å². The second-order valence-corrected chi connectivity index (χ2v) is 12.3. The first-order valence-corrected chi connectivity index (χ1v) is 13.4. The van der Waals surface area contributed by atoms with Gasteiger partial charge in [-0.2, -0.15) is 4.89 Å². The fraction of sp³-hybridized carbons (Fsp3) is 0.364. The number of hydrogen-bond acceptors (Lipinski definition) is 7. The molecular weight excluding hydrogens is 508 g/mol. The minimum Gasteiger partial charge on any atom is -0.507 e. The highest BCUT2D eigenvalue weighted by Crippen LogP contribution is 2.69. The van der Waals surface area contributed by atoms with Crippen LogP contribution in [0.4, 0.5) is 0 Å². The van der Waals surface area contributed by atoms with E-state index in [1.165, 1.54) is 14.2 Å². The second kappa shape index (κ2) is 8.67. The molecule has 4 aromatic carbocycles. The van der Waals surface area contributed by atoms with Gasteiger partial charge in [-0.3, -0.25) is 0 Å². The van der Waals surface area contributed by atoms with Gasteiger partial charge < -0.3 is 19.3 Å². The van der Waals surface area contributed by atoms with Crippen LogP contribution in [0.15, 0.2) is 60.7 Å². The van der Waals surface area contributed by atoms with E-state index in [4.69, 9.17) is 24.0 Å². The van der Waals surface area contributed by atoms with Gasteiger partial charge in [0, 0.05) is 27.5 Å². The number of benzene rings is 4. The molecule has 2 aliphatic heterocycles. The largest absolute Gasteiger partial charge is 0.507 e. The molecule has 0 bridgehead atoms. The summed E-state index contributed by atoms with van der Waals surface area (Å²) in [7, 11) is 2.85. The van der Waals surface area contributed by atoms with Crippen LogP contribution in [0.3, 0.4) is 0 Å². The number of hydrogen-bond donors (Lipinski definition) is 1. The fourth-order valence-corrected chi connectivity index (χ4v) is 7.16. The number of methoxy groups -OCH3 is 2. The van der Waals surface area contributed by atoms with Crippen molar-refractivity contribution < 1.29 is 33.9 Å². The molecule has 0 aliphatic carbocycles. The molecule has 0 spiro atoms. The Kier molecular flexibility index (Phi) is 5.76. The average Bonchev–Trinajstić information content (AvgIpc) is 3.07. The maximum atomic E-state index is 12.9. The molecule has 0 radical (unpaired) electrons. The summed E-state index contributed by atoms with van der Waals surface area (Å²) in [5.74, 6) is -1.31. The molecule has 0 aromatic heterocycles. The van der Waals surface area contributed by atoms with Gasteiger partial charge in [-0.15, -0.1) is 0 Å². The smallest absolute Gasteiger partial charge is 0.341 e. The number of fused-ring (bicyclic) bond motifs is 3. The van der Waals surface area contributed by atoms with E-state index in [9.17, 15) is 9.90 Å². The summed E-state index contributed by atoms with van der Waals surface area (Å²) in [4.78, 5) is 24.9. The summed E-state index contributed by atoms with van der Waals surface area (Å²) in [6.07, 6.45) is 0. The van der Waals surface area contributed by atoms with E-state index < -0.39 is 17.4 Å². The summed E-state index contributed by atoms with van der Waals surface area (Å²) in [5, 5.41) is 14.6. The van der Waals surface area contributed by atoms with Crippen LogP contribution in [0.5, 0.6) is 11.5 Å². The molecule has 6 rings (SSSR count). The Labute approximate surface area is 233 Å². The Morgan fingerprint density at radius 3 is 2.27 bits per heavy atom. The Morgan fingerprint density at radius 1 is 0.900 bits per heavy atom. The highest BCUT2D eigenvalue weighted by molar-refractivity contribution is 6.13. The van der Waals surface area contributed by atoms with Gasteiger partial charge in [-0.05, 0) is 33.7 Å². The molecule has 0 amide bonds. The van der Waals surface area contributed by atoms with Crippen LogP contribution in [0.2, 0.25) is 0 Å². The summed E-state index contributed by atoms with van der Waals surface area (Å²) in [5.41, 5.74) is 0.765. The van der Waals surface area contributed by atoms with Crippen LogP contribution < -0.4 is 4.74 Å². The van der Waals surface area contributed by atoms with Crippen LogP contribution in [0, 0.1) is 10.8 Å². The van der Waals surface area contributed by atoms with Gasteiger partial charge in [0.15, 0.2) is 5.60 Å². The van der Waals surface area contributed by atoms with Gasteiger partial charge in [0.25, 0.3) is 5.79 Å². The normalized spacial score (nSPS) is 23.6. The standard InChI is InChI=1S/C33H34O7/c1-30(2,3)33-31(4,5)18-38-32(33,39-40-33)24-14-10-13-22-21(24)15-16-25(34)26(22)27-20-12-9-8-11-19(20)17-23(28(27)36-6)29(35)37-7/h8-17,34H,18H2,1-7H3/t32-,33-/m1/s1. The zero-order valence-electron chi connectivity index (χ0n) is 23.9. The first kappa shape index (κ1) is 26.6. The molecule has 0 saturated carbocycles. The number of phenols is 1. The van der Waals surface area contributed by atoms with E-state index >= 15 is 0 Å². The summed E-state index contributed by atoms with van der Waals surface area (Å²) < 4.78 is 17.5. The maximum Gasteiger partial charge on any atom is 0.341 e. The van der Waals surface area contributed by atoms with Crippen molar-refractivity contribution >= 4 is 27.5 Å². The highest BCUT2D eigenvalue weighted by Gasteiger charge is 2.81. The van der Waals surface area contributed by atoms with Crippen LogP contribution in [-0.2, 0) is 25.0 Å². The number of aromatic hydroxyl groups is 1. The number of ether oxygens (including phenoxy) is 3. The van der Waals surface area contributed by atoms with Crippen molar-refractivity contribution in [3.8, 4) is 22.6 Å². The van der Waals surface area contributed by atoms with Gasteiger partial charge in [0.2, 0.25) is 0 Å². The third kappa shape index (κ3) is 3.20. The Balaban J connectivity index is 1.70. The topological polar surface area (TPSA) is 83.5 Å². The van der Waals surface area contributed by atoms with E-state index in [-0.39, 0.29) is 22.1 Å². The average molecular weight is 543 g/mol. The number of esters is 1. The minimum atomic E-state index is -1.15. The monoisotopic (exact) mass is 542 g/mol. The molecule has 4 aromatic rings. The molecule has 2 heterocycles. The molecule has 2 saturated heterocycles. The van der Waals surface area contributed by atoms with Crippen molar-refractivity contribution in [2.45, 2.75) is 46.0 Å². The van der Waals surface area contributed by atoms with Gasteiger partial charge in [-0.25, -0.2) is 9.68 Å². The van der Waals surface area contributed by atoms with Crippen molar-refractivity contribution in [1.29, 1.82) is 0 Å². The molecule has 40 heavy (non-hydrogen) atoms. The number of carbonyl (C=O) groups excluding carboxylic acids is 1. The lowest BCUT2D eigenvalue weighted by molar-refractivity contribution is -0.626. The van der Waals surface area contributed by atoms with Crippen molar-refractivity contribution in [1.82, 2.24) is 0 Å². The highest BCUT2D eigenvalue weighted by atomic mass is 17.3. The van der Waals surface area contributed by atoms with Crippen LogP contribution in [-0.4, -0.2) is 37.5 Å². The van der Waals surface area contributed by atoms with Crippen molar-refractivity contribution in [2.75, 3.05) is 20.8 Å². The number of carbonyl (C=O) groups is 1. The van der Waals surface area contributed by atoms with Crippen molar-refractivity contribution in [3.63, 3.8) is 0 Å². The summed E-state index contributed by atoms with van der Waals surface area (Å²) in [6, 6.07) is 18.8. The van der Waals surface area contributed by atoms with E-state index in [0.29, 0.717) is 23.5 Å². The number of rotatable bonds is 4. The van der Waals surface area contributed by atoms with E-state index in [2.05, 4.69) is 34.6 Å². The van der Waals surface area contributed by atoms with Crippen LogP contribution >= 0.6 is 0 Å². The molecule has 208 valence electrons. The van der Waals surface area contributed by atoms with Crippen molar-refractivity contribution in [2.24, 2.45) is 10.8 Å². The third-order valence-electron chi connectivity index (χ3n) is 8.65. The molecule has 2 atom stereocenters.